The molecule has 5 heteroatoms. The SMILES string of the molecule is CCN(CC)Cc1nc2sc3c(c2c(=O)n1CC)CCCC3. The number of fused-ring (bicyclic) bond motifs is 3. The molecule has 1 aliphatic carbocycles. The number of aromatic nitrogens is 2. The van der Waals surface area contributed by atoms with E-state index in [1.807, 2.05) is 11.5 Å². The maximum absolute atomic E-state index is 13.0. The highest BCUT2D eigenvalue weighted by atomic mass is 32.1. The van der Waals surface area contributed by atoms with E-state index in [0.29, 0.717) is 6.54 Å². The van der Waals surface area contributed by atoms with Gasteiger partial charge in [-0.15, -0.1) is 11.3 Å². The van der Waals surface area contributed by atoms with E-state index < -0.39 is 0 Å². The summed E-state index contributed by atoms with van der Waals surface area (Å²) in [5.41, 5.74) is 1.47. The van der Waals surface area contributed by atoms with Crippen LogP contribution in [0, 0.1) is 0 Å². The van der Waals surface area contributed by atoms with Gasteiger partial charge in [-0.1, -0.05) is 13.8 Å². The third kappa shape index (κ3) is 2.61. The van der Waals surface area contributed by atoms with Crippen molar-refractivity contribution in [1.29, 1.82) is 0 Å². The van der Waals surface area contributed by atoms with Crippen LogP contribution in [0.2, 0.25) is 0 Å². The predicted molar refractivity (Wildman–Crippen MR) is 92.8 cm³/mol. The Labute approximate surface area is 135 Å². The number of hydrogen-bond donors (Lipinski definition) is 0. The third-order valence-electron chi connectivity index (χ3n) is 4.73. The standard InChI is InChI=1S/C17H25N3OS/c1-4-19(5-2)11-14-18-16-15(17(21)20(14)6-3)12-9-7-8-10-13(12)22-16/h4-11H2,1-3H3. The molecule has 3 rings (SSSR count). The van der Waals surface area contributed by atoms with Gasteiger partial charge in [0, 0.05) is 11.4 Å². The maximum Gasteiger partial charge on any atom is 0.262 e. The topological polar surface area (TPSA) is 38.1 Å². The number of rotatable bonds is 5. The van der Waals surface area contributed by atoms with Gasteiger partial charge in [0.1, 0.15) is 10.7 Å². The summed E-state index contributed by atoms with van der Waals surface area (Å²) in [4.78, 5) is 22.5. The second kappa shape index (κ2) is 6.50. The first-order valence-electron chi connectivity index (χ1n) is 8.45. The highest BCUT2D eigenvalue weighted by Crippen LogP contribution is 2.33. The summed E-state index contributed by atoms with van der Waals surface area (Å²) in [6.45, 7) is 9.77. The number of hydrogen-bond acceptors (Lipinski definition) is 4. The molecule has 0 radical (unpaired) electrons. The Hall–Kier alpha value is -1.20. The Morgan fingerprint density at radius 3 is 2.59 bits per heavy atom. The Balaban J connectivity index is 2.16. The molecule has 120 valence electrons. The minimum Gasteiger partial charge on any atom is -0.297 e. The third-order valence-corrected chi connectivity index (χ3v) is 5.92. The lowest BCUT2D eigenvalue weighted by Crippen LogP contribution is -2.30. The minimum absolute atomic E-state index is 0.175. The second-order valence-electron chi connectivity index (χ2n) is 5.93. The van der Waals surface area contributed by atoms with E-state index in [0.717, 1.165) is 48.5 Å². The van der Waals surface area contributed by atoms with Crippen molar-refractivity contribution >= 4 is 21.6 Å². The fourth-order valence-electron chi connectivity index (χ4n) is 3.37. The van der Waals surface area contributed by atoms with Crippen LogP contribution in [-0.4, -0.2) is 27.5 Å². The van der Waals surface area contributed by atoms with Crippen molar-refractivity contribution in [2.45, 2.75) is 59.5 Å². The van der Waals surface area contributed by atoms with Gasteiger partial charge in [0.2, 0.25) is 0 Å². The summed E-state index contributed by atoms with van der Waals surface area (Å²) >= 11 is 1.75. The van der Waals surface area contributed by atoms with Crippen molar-refractivity contribution in [2.75, 3.05) is 13.1 Å². The van der Waals surface area contributed by atoms with Crippen molar-refractivity contribution in [1.82, 2.24) is 14.5 Å². The lowest BCUT2D eigenvalue weighted by molar-refractivity contribution is 0.282. The average molecular weight is 319 g/mol. The molecule has 0 bridgehead atoms. The molecule has 2 aromatic rings. The molecule has 0 amide bonds. The van der Waals surface area contributed by atoms with Gasteiger partial charge in [-0.3, -0.25) is 14.3 Å². The normalized spacial score (nSPS) is 14.7. The first-order valence-corrected chi connectivity index (χ1v) is 9.27. The molecule has 0 atom stereocenters. The molecule has 0 N–H and O–H groups in total. The Morgan fingerprint density at radius 2 is 1.91 bits per heavy atom. The maximum atomic E-state index is 13.0. The van der Waals surface area contributed by atoms with Crippen LogP contribution in [0.4, 0.5) is 0 Å². The van der Waals surface area contributed by atoms with Gasteiger partial charge >= 0.3 is 0 Å². The van der Waals surface area contributed by atoms with Crippen LogP contribution in [0.1, 0.15) is 49.9 Å². The Bertz CT molecular complexity index is 728. The van der Waals surface area contributed by atoms with E-state index in [4.69, 9.17) is 4.98 Å². The molecule has 1 aliphatic rings. The first kappa shape index (κ1) is 15.7. The number of thiophene rings is 1. The van der Waals surface area contributed by atoms with Crippen molar-refractivity contribution in [3.63, 3.8) is 0 Å². The van der Waals surface area contributed by atoms with Gasteiger partial charge in [-0.2, -0.15) is 0 Å². The van der Waals surface area contributed by atoms with Crippen LogP contribution >= 0.6 is 11.3 Å². The monoisotopic (exact) mass is 319 g/mol. The second-order valence-corrected chi connectivity index (χ2v) is 7.01. The zero-order chi connectivity index (χ0) is 15.7. The molecule has 2 aromatic heterocycles. The van der Waals surface area contributed by atoms with E-state index in [9.17, 15) is 4.79 Å². The molecule has 4 nitrogen and oxygen atoms in total. The highest BCUT2D eigenvalue weighted by Gasteiger charge is 2.22. The molecule has 0 unspecified atom stereocenters. The van der Waals surface area contributed by atoms with E-state index in [1.54, 1.807) is 11.3 Å². The van der Waals surface area contributed by atoms with Crippen LogP contribution in [0.15, 0.2) is 4.79 Å². The summed E-state index contributed by atoms with van der Waals surface area (Å²) in [5, 5.41) is 0.907. The predicted octanol–water partition coefficient (Wildman–Crippen LogP) is 3.20. The van der Waals surface area contributed by atoms with Crippen LogP contribution < -0.4 is 5.56 Å². The highest BCUT2D eigenvalue weighted by molar-refractivity contribution is 7.18. The molecule has 0 aromatic carbocycles. The fraction of sp³-hybridized carbons (Fsp3) is 0.647. The van der Waals surface area contributed by atoms with Crippen LogP contribution in [0.25, 0.3) is 10.2 Å². The summed E-state index contributed by atoms with van der Waals surface area (Å²) in [6, 6.07) is 0. The van der Waals surface area contributed by atoms with E-state index in [-0.39, 0.29) is 5.56 Å². The van der Waals surface area contributed by atoms with Crippen molar-refractivity contribution in [2.24, 2.45) is 0 Å². The minimum atomic E-state index is 0.175. The summed E-state index contributed by atoms with van der Waals surface area (Å²) in [7, 11) is 0. The molecule has 22 heavy (non-hydrogen) atoms. The van der Waals surface area contributed by atoms with Crippen LogP contribution in [-0.2, 0) is 25.9 Å². The molecular formula is C17H25N3OS. The summed E-state index contributed by atoms with van der Waals surface area (Å²) in [5.74, 6) is 0.919. The molecule has 0 spiro atoms. The molecule has 2 heterocycles. The number of aryl methyl sites for hydroxylation is 2. The Kier molecular flexibility index (Phi) is 4.64. The zero-order valence-electron chi connectivity index (χ0n) is 13.8. The van der Waals surface area contributed by atoms with Gasteiger partial charge in [-0.05, 0) is 51.3 Å². The van der Waals surface area contributed by atoms with Crippen LogP contribution in [0.5, 0.6) is 0 Å². The van der Waals surface area contributed by atoms with E-state index in [1.165, 1.54) is 23.3 Å². The van der Waals surface area contributed by atoms with Gasteiger partial charge in [0.05, 0.1) is 11.9 Å². The number of nitrogens with zero attached hydrogens (tertiary/aromatic N) is 3. The molecule has 0 saturated heterocycles. The van der Waals surface area contributed by atoms with Gasteiger partial charge in [0.25, 0.3) is 5.56 Å². The van der Waals surface area contributed by atoms with Gasteiger partial charge in [-0.25, -0.2) is 4.98 Å². The first-order chi connectivity index (χ1) is 10.7. The van der Waals surface area contributed by atoms with Crippen molar-refractivity contribution in [3.8, 4) is 0 Å². The molecule has 0 saturated carbocycles. The van der Waals surface area contributed by atoms with Crippen molar-refractivity contribution in [3.05, 3.63) is 26.6 Å². The fourth-order valence-corrected chi connectivity index (χ4v) is 4.65. The smallest absolute Gasteiger partial charge is 0.262 e. The lowest BCUT2D eigenvalue weighted by Gasteiger charge is -2.20. The summed E-state index contributed by atoms with van der Waals surface area (Å²) in [6.07, 6.45) is 4.61. The Morgan fingerprint density at radius 1 is 1.18 bits per heavy atom. The van der Waals surface area contributed by atoms with Crippen molar-refractivity contribution < 1.29 is 0 Å². The average Bonchev–Trinajstić information content (AvgIpc) is 2.91. The zero-order valence-corrected chi connectivity index (χ0v) is 14.6. The molecular weight excluding hydrogens is 294 g/mol. The van der Waals surface area contributed by atoms with Gasteiger partial charge < -0.3 is 0 Å². The van der Waals surface area contributed by atoms with E-state index >= 15 is 0 Å². The lowest BCUT2D eigenvalue weighted by atomic mass is 9.97. The van der Waals surface area contributed by atoms with E-state index in [2.05, 4.69) is 18.7 Å². The summed E-state index contributed by atoms with van der Waals surface area (Å²) < 4.78 is 1.88. The van der Waals surface area contributed by atoms with Crippen LogP contribution in [0.3, 0.4) is 0 Å². The molecule has 0 fully saturated rings. The quantitative estimate of drug-likeness (QED) is 0.849. The molecule has 0 aliphatic heterocycles. The van der Waals surface area contributed by atoms with Gasteiger partial charge in [0.15, 0.2) is 0 Å². The largest absolute Gasteiger partial charge is 0.297 e.